The molecule has 4 aromatic carbocycles. The topological polar surface area (TPSA) is 128 Å². The fraction of sp³-hybridized carbons (Fsp3) is 0.143. The van der Waals surface area contributed by atoms with Gasteiger partial charge < -0.3 is 13.8 Å². The van der Waals surface area contributed by atoms with E-state index in [1.54, 1.807) is 72.8 Å². The van der Waals surface area contributed by atoms with Gasteiger partial charge in [0.05, 0.1) is 11.1 Å². The van der Waals surface area contributed by atoms with Crippen LogP contribution in [0.1, 0.15) is 43.0 Å². The lowest BCUT2D eigenvalue weighted by Gasteiger charge is -2.14. The number of nitrogens with zero attached hydrogens (tertiary/aromatic N) is 3. The number of azide groups is 1. The van der Waals surface area contributed by atoms with Gasteiger partial charge in [-0.25, -0.2) is 14.2 Å². The first-order valence-corrected chi connectivity index (χ1v) is 13.1. The van der Waals surface area contributed by atoms with Crippen LogP contribution >= 0.6 is 7.75 Å². The molecule has 0 spiro atoms. The molecule has 0 amide bonds. The lowest BCUT2D eigenvalue weighted by atomic mass is 9.89. The average Bonchev–Trinajstić information content (AvgIpc) is 3.19. The fourth-order valence-corrected chi connectivity index (χ4v) is 5.04. The standard InChI is InChI=1S/C16H14O3.C12H10N3O3P/c1-7-8(2)10(4)12-6-14-13(5-11(12)9(7)3)15(17)19-16(14)18;13-14-15-19(16,17-11-7-3-1-4-8-11)18-12-9-5-2-6-10-12/h5-6H,1-4H3;1-10H. The Morgan fingerprint density at radius 1 is 0.711 bits per heavy atom. The molecular formula is C28H24N3O6P. The van der Waals surface area contributed by atoms with Crippen LogP contribution in [0.15, 0.2) is 77.7 Å². The second kappa shape index (κ2) is 10.8. The molecule has 0 saturated heterocycles. The lowest BCUT2D eigenvalue weighted by molar-refractivity contribution is 0.0443. The summed E-state index contributed by atoms with van der Waals surface area (Å²) in [5, 5.41) is 2.04. The highest BCUT2D eigenvalue weighted by Crippen LogP contribution is 2.50. The number of benzene rings is 4. The van der Waals surface area contributed by atoms with E-state index >= 15 is 0 Å². The number of fused-ring (bicyclic) bond motifs is 2. The number of rotatable bonds is 5. The quantitative estimate of drug-likeness (QED) is 0.0644. The van der Waals surface area contributed by atoms with Gasteiger partial charge >= 0.3 is 19.7 Å². The Hall–Kier alpha value is -4.58. The van der Waals surface area contributed by atoms with Crippen LogP contribution in [0.4, 0.5) is 0 Å². The van der Waals surface area contributed by atoms with Crippen LogP contribution in [0.5, 0.6) is 11.5 Å². The Morgan fingerprint density at radius 2 is 1.11 bits per heavy atom. The maximum atomic E-state index is 12.3. The van der Waals surface area contributed by atoms with Crippen molar-refractivity contribution in [3.05, 3.63) is 117 Å². The zero-order chi connectivity index (χ0) is 27.4. The van der Waals surface area contributed by atoms with Gasteiger partial charge in [-0.05, 0) is 103 Å². The minimum atomic E-state index is -3.95. The average molecular weight is 529 g/mol. The molecule has 192 valence electrons. The van der Waals surface area contributed by atoms with Gasteiger partial charge in [0.15, 0.2) is 0 Å². The molecule has 0 aromatic heterocycles. The summed E-state index contributed by atoms with van der Waals surface area (Å²) < 4.78 is 27.3. The molecule has 0 saturated carbocycles. The zero-order valence-electron chi connectivity index (χ0n) is 21.2. The van der Waals surface area contributed by atoms with Gasteiger partial charge in [0.1, 0.15) is 11.5 Å². The van der Waals surface area contributed by atoms with Gasteiger partial charge in [-0.1, -0.05) is 36.4 Å². The largest absolute Gasteiger partial charge is 0.525 e. The van der Waals surface area contributed by atoms with Crippen molar-refractivity contribution in [3.63, 3.8) is 0 Å². The first-order valence-electron chi connectivity index (χ1n) is 11.6. The first-order chi connectivity index (χ1) is 18.1. The van der Waals surface area contributed by atoms with Crippen LogP contribution in [-0.2, 0) is 9.30 Å². The third-order valence-electron chi connectivity index (χ3n) is 6.36. The molecule has 9 nitrogen and oxygen atoms in total. The summed E-state index contributed by atoms with van der Waals surface area (Å²) in [6.45, 7) is 8.23. The molecule has 0 unspecified atom stereocenters. The van der Waals surface area contributed by atoms with E-state index in [1.807, 2.05) is 13.8 Å². The molecule has 0 radical (unpaired) electrons. The number of carbonyl (C=O) groups is 2. The molecular weight excluding hydrogens is 505 g/mol. The maximum absolute atomic E-state index is 12.3. The van der Waals surface area contributed by atoms with Gasteiger partial charge in [0.2, 0.25) is 0 Å². The third kappa shape index (κ3) is 5.39. The molecule has 1 heterocycles. The van der Waals surface area contributed by atoms with Crippen molar-refractivity contribution in [2.75, 3.05) is 0 Å². The predicted molar refractivity (Wildman–Crippen MR) is 144 cm³/mol. The summed E-state index contributed by atoms with van der Waals surface area (Å²) in [6, 6.07) is 20.3. The van der Waals surface area contributed by atoms with Crippen LogP contribution in [0.3, 0.4) is 0 Å². The molecule has 38 heavy (non-hydrogen) atoms. The van der Waals surface area contributed by atoms with E-state index in [2.05, 4.69) is 28.4 Å². The van der Waals surface area contributed by atoms with Crippen molar-refractivity contribution in [1.82, 2.24) is 0 Å². The summed E-state index contributed by atoms with van der Waals surface area (Å²) in [5.41, 5.74) is 14.0. The third-order valence-corrected chi connectivity index (χ3v) is 7.54. The monoisotopic (exact) mass is 529 g/mol. The molecule has 0 aliphatic carbocycles. The highest BCUT2D eigenvalue weighted by atomic mass is 31.2. The van der Waals surface area contributed by atoms with Crippen molar-refractivity contribution in [2.45, 2.75) is 27.7 Å². The Morgan fingerprint density at radius 3 is 1.47 bits per heavy atom. The van der Waals surface area contributed by atoms with Crippen molar-refractivity contribution < 1.29 is 27.9 Å². The van der Waals surface area contributed by atoms with Gasteiger partial charge in [-0.3, -0.25) is 0 Å². The smallest absolute Gasteiger partial charge is 0.411 e. The fourth-order valence-electron chi connectivity index (χ4n) is 4.05. The second-order valence-electron chi connectivity index (χ2n) is 8.58. The molecule has 4 aromatic rings. The van der Waals surface area contributed by atoms with Crippen LogP contribution in [-0.4, -0.2) is 11.9 Å². The summed E-state index contributed by atoms with van der Waals surface area (Å²) in [4.78, 5) is 28.9. The van der Waals surface area contributed by atoms with E-state index < -0.39 is 19.7 Å². The van der Waals surface area contributed by atoms with Gasteiger partial charge in [0, 0.05) is 9.80 Å². The lowest BCUT2D eigenvalue weighted by Crippen LogP contribution is -1.98. The maximum Gasteiger partial charge on any atom is 0.525 e. The molecule has 1 aliphatic heterocycles. The zero-order valence-corrected chi connectivity index (χ0v) is 22.1. The predicted octanol–water partition coefficient (Wildman–Crippen LogP) is 7.95. The van der Waals surface area contributed by atoms with E-state index in [0.717, 1.165) is 21.9 Å². The number of cyclic esters (lactones) is 2. The van der Waals surface area contributed by atoms with Crippen LogP contribution in [0, 0.1) is 27.7 Å². The molecule has 0 fully saturated rings. The molecule has 5 rings (SSSR count). The normalized spacial score (nSPS) is 12.1. The molecule has 0 atom stereocenters. The van der Waals surface area contributed by atoms with Gasteiger partial charge in [-0.15, -0.1) is 0 Å². The summed E-state index contributed by atoms with van der Waals surface area (Å²) in [7, 11) is -3.95. The van der Waals surface area contributed by atoms with Crippen molar-refractivity contribution >= 4 is 30.5 Å². The number of hydrogen-bond donors (Lipinski definition) is 0. The Labute approximate surface area is 219 Å². The second-order valence-corrected chi connectivity index (χ2v) is 10.1. The van der Waals surface area contributed by atoms with Crippen LogP contribution < -0.4 is 9.05 Å². The minimum absolute atomic E-state index is 0.300. The van der Waals surface area contributed by atoms with Crippen LogP contribution in [0.2, 0.25) is 0 Å². The van der Waals surface area contributed by atoms with Crippen molar-refractivity contribution in [1.29, 1.82) is 0 Å². The number of carbonyl (C=O) groups excluding carboxylic acids is 2. The Balaban J connectivity index is 0.000000177. The van der Waals surface area contributed by atoms with Gasteiger partial charge in [0.25, 0.3) is 0 Å². The summed E-state index contributed by atoms with van der Waals surface area (Å²) in [6.07, 6.45) is 0. The highest BCUT2D eigenvalue weighted by Gasteiger charge is 2.31. The van der Waals surface area contributed by atoms with Gasteiger partial charge in [-0.2, -0.15) is 0 Å². The summed E-state index contributed by atoms with van der Waals surface area (Å²) >= 11 is 0. The number of esters is 2. The number of hydrogen-bond acceptors (Lipinski definition) is 6. The van der Waals surface area contributed by atoms with E-state index in [0.29, 0.717) is 22.6 Å². The number of para-hydroxylation sites is 2. The first kappa shape index (κ1) is 26.5. The number of ether oxygens (including phenoxy) is 1. The van der Waals surface area contributed by atoms with Crippen molar-refractivity contribution in [3.8, 4) is 11.5 Å². The van der Waals surface area contributed by atoms with E-state index in [4.69, 9.17) is 14.6 Å². The van der Waals surface area contributed by atoms with E-state index in [9.17, 15) is 14.2 Å². The highest BCUT2D eigenvalue weighted by molar-refractivity contribution is 7.53. The molecule has 0 bridgehead atoms. The van der Waals surface area contributed by atoms with Crippen LogP contribution in [0.25, 0.3) is 21.2 Å². The van der Waals surface area contributed by atoms with E-state index in [-0.39, 0.29) is 0 Å². The molecule has 10 heteroatoms. The summed E-state index contributed by atoms with van der Waals surface area (Å²) in [5.74, 6) is -0.488. The van der Waals surface area contributed by atoms with Crippen molar-refractivity contribution in [2.24, 2.45) is 4.88 Å². The number of aryl methyl sites for hydroxylation is 2. The Kier molecular flexibility index (Phi) is 7.53. The van der Waals surface area contributed by atoms with E-state index in [1.165, 1.54) is 11.1 Å². The minimum Gasteiger partial charge on any atom is -0.411 e. The molecule has 0 N–H and O–H groups in total. The SMILES string of the molecule is Cc1c(C)c(C)c2cc3c(cc2c1C)C(=O)OC3=O.[N-]=[N+]=NP(=O)(Oc1ccccc1)Oc1ccccc1. The molecule has 1 aliphatic rings. The Bertz CT molecular complexity index is 1540.